The number of aromatic nitrogens is 1. The molecule has 1 aromatic rings. The van der Waals surface area contributed by atoms with Crippen LogP contribution in [-0.2, 0) is 16.1 Å². The van der Waals surface area contributed by atoms with Gasteiger partial charge in [-0.25, -0.2) is 4.98 Å². The van der Waals surface area contributed by atoms with Gasteiger partial charge in [0.05, 0.1) is 28.9 Å². The predicted molar refractivity (Wildman–Crippen MR) is 77.6 cm³/mol. The van der Waals surface area contributed by atoms with Crippen LogP contribution in [0.3, 0.4) is 0 Å². The molecule has 2 aliphatic heterocycles. The number of nitrogens with one attached hydrogen (secondary N) is 1. The minimum atomic E-state index is -0.176. The molecule has 1 aromatic heterocycles. The van der Waals surface area contributed by atoms with Crippen molar-refractivity contribution in [3.8, 4) is 0 Å². The molecule has 6 heteroatoms. The Morgan fingerprint density at radius 2 is 2.30 bits per heavy atom. The van der Waals surface area contributed by atoms with E-state index in [2.05, 4.69) is 17.2 Å². The lowest BCUT2D eigenvalue weighted by atomic mass is 9.83. The minimum Gasteiger partial charge on any atom is -0.363 e. The molecule has 1 N–H and O–H groups in total. The molecule has 3 rings (SSSR count). The molecule has 0 saturated carbocycles. The summed E-state index contributed by atoms with van der Waals surface area (Å²) in [5.41, 5.74) is 0.809. The first-order valence-corrected chi connectivity index (χ1v) is 8.04. The second-order valence-corrected chi connectivity index (χ2v) is 6.72. The summed E-state index contributed by atoms with van der Waals surface area (Å²) in [7, 11) is 0. The number of piperidine rings is 1. The van der Waals surface area contributed by atoms with Crippen LogP contribution in [0.5, 0.6) is 0 Å². The molecule has 1 atom stereocenters. The summed E-state index contributed by atoms with van der Waals surface area (Å²) in [6.07, 6.45) is 1.93. The minimum absolute atomic E-state index is 0.0762. The maximum Gasteiger partial charge on any atom is 0.249 e. The molecular formula is C14H21N3O2S. The number of hydrogen-bond donors (Lipinski definition) is 1. The monoisotopic (exact) mass is 295 g/mol. The fourth-order valence-electron chi connectivity index (χ4n) is 3.20. The lowest BCUT2D eigenvalue weighted by Crippen LogP contribution is -2.63. The molecule has 0 unspecified atom stereocenters. The van der Waals surface area contributed by atoms with Gasteiger partial charge in [0, 0.05) is 5.38 Å². The highest BCUT2D eigenvalue weighted by Gasteiger charge is 2.46. The Hall–Kier alpha value is -0.980. The van der Waals surface area contributed by atoms with Crippen molar-refractivity contribution in [3.63, 3.8) is 0 Å². The molecule has 3 heterocycles. The van der Waals surface area contributed by atoms with Crippen LogP contribution in [0.15, 0.2) is 5.38 Å². The van der Waals surface area contributed by atoms with Gasteiger partial charge in [0.2, 0.25) is 5.91 Å². The molecule has 1 spiro atoms. The molecule has 5 nitrogen and oxygen atoms in total. The van der Waals surface area contributed by atoms with E-state index in [-0.39, 0.29) is 24.2 Å². The predicted octanol–water partition coefficient (Wildman–Crippen LogP) is 1.32. The number of amides is 1. The summed E-state index contributed by atoms with van der Waals surface area (Å²) in [6, 6.07) is 0.104. The first-order chi connectivity index (χ1) is 9.61. The number of aryl methyl sites for hydroxylation is 1. The van der Waals surface area contributed by atoms with Crippen molar-refractivity contribution < 1.29 is 9.53 Å². The Morgan fingerprint density at radius 3 is 2.95 bits per heavy atom. The van der Waals surface area contributed by atoms with E-state index < -0.39 is 0 Å². The van der Waals surface area contributed by atoms with Gasteiger partial charge < -0.3 is 15.0 Å². The largest absolute Gasteiger partial charge is 0.363 e. The van der Waals surface area contributed by atoms with Crippen LogP contribution in [0.1, 0.15) is 30.5 Å². The highest BCUT2D eigenvalue weighted by molar-refractivity contribution is 7.09. The van der Waals surface area contributed by atoms with Gasteiger partial charge in [-0.05, 0) is 39.8 Å². The number of carbonyl (C=O) groups is 1. The fourth-order valence-corrected chi connectivity index (χ4v) is 3.81. The molecule has 2 aliphatic rings. The van der Waals surface area contributed by atoms with Crippen LogP contribution >= 0.6 is 11.3 Å². The Labute approximate surface area is 123 Å². The number of hydrogen-bond acceptors (Lipinski definition) is 5. The first kappa shape index (κ1) is 14.0. The number of morpholine rings is 1. The number of thiazole rings is 1. The molecule has 0 radical (unpaired) electrons. The zero-order valence-corrected chi connectivity index (χ0v) is 12.8. The van der Waals surface area contributed by atoms with Crippen LogP contribution in [0, 0.1) is 6.92 Å². The Morgan fingerprint density at radius 1 is 1.55 bits per heavy atom. The van der Waals surface area contributed by atoms with Crippen molar-refractivity contribution in [2.75, 3.05) is 19.7 Å². The van der Waals surface area contributed by atoms with Crippen molar-refractivity contribution in [1.29, 1.82) is 0 Å². The summed E-state index contributed by atoms with van der Waals surface area (Å²) in [6.45, 7) is 6.83. The van der Waals surface area contributed by atoms with Crippen LogP contribution in [-0.4, -0.2) is 47.1 Å². The molecule has 2 fully saturated rings. The van der Waals surface area contributed by atoms with Gasteiger partial charge >= 0.3 is 0 Å². The maximum atomic E-state index is 12.2. The second-order valence-electron chi connectivity index (χ2n) is 5.66. The van der Waals surface area contributed by atoms with E-state index in [4.69, 9.17) is 4.74 Å². The van der Waals surface area contributed by atoms with E-state index in [1.165, 1.54) is 0 Å². The summed E-state index contributed by atoms with van der Waals surface area (Å²) in [5.74, 6) is 0.0762. The van der Waals surface area contributed by atoms with E-state index in [0.29, 0.717) is 6.54 Å². The maximum absolute atomic E-state index is 12.2. The number of rotatable bonds is 2. The lowest BCUT2D eigenvalue weighted by molar-refractivity contribution is -0.183. The van der Waals surface area contributed by atoms with Crippen molar-refractivity contribution in [2.24, 2.45) is 0 Å². The summed E-state index contributed by atoms with van der Waals surface area (Å²) >= 11 is 1.63. The molecule has 110 valence electrons. The lowest BCUT2D eigenvalue weighted by Gasteiger charge is -2.49. The molecule has 2 saturated heterocycles. The zero-order valence-electron chi connectivity index (χ0n) is 12.0. The van der Waals surface area contributed by atoms with Crippen LogP contribution in [0.4, 0.5) is 0 Å². The van der Waals surface area contributed by atoms with Gasteiger partial charge in [-0.15, -0.1) is 11.3 Å². The third-order valence-electron chi connectivity index (χ3n) is 4.48. The van der Waals surface area contributed by atoms with Gasteiger partial charge in [0.25, 0.3) is 0 Å². The number of carbonyl (C=O) groups excluding carboxylic acids is 1. The highest BCUT2D eigenvalue weighted by Crippen LogP contribution is 2.34. The van der Waals surface area contributed by atoms with E-state index in [1.54, 1.807) is 11.3 Å². The van der Waals surface area contributed by atoms with Gasteiger partial charge in [-0.1, -0.05) is 0 Å². The Balaban J connectivity index is 1.79. The van der Waals surface area contributed by atoms with Gasteiger partial charge in [-0.2, -0.15) is 0 Å². The summed E-state index contributed by atoms with van der Waals surface area (Å²) in [4.78, 5) is 18.6. The zero-order chi connectivity index (χ0) is 14.2. The van der Waals surface area contributed by atoms with Gasteiger partial charge in [0.1, 0.15) is 6.61 Å². The third-order valence-corrected chi connectivity index (χ3v) is 5.30. The average Bonchev–Trinajstić information content (AvgIpc) is 2.86. The average molecular weight is 295 g/mol. The van der Waals surface area contributed by atoms with Crippen molar-refractivity contribution >= 4 is 17.2 Å². The topological polar surface area (TPSA) is 54.5 Å². The molecule has 0 aromatic carbocycles. The summed E-state index contributed by atoms with van der Waals surface area (Å²) in [5, 5.41) is 6.45. The van der Waals surface area contributed by atoms with Crippen molar-refractivity contribution in [3.05, 3.63) is 16.1 Å². The third kappa shape index (κ3) is 2.47. The van der Waals surface area contributed by atoms with E-state index in [0.717, 1.165) is 36.6 Å². The van der Waals surface area contributed by atoms with Crippen molar-refractivity contribution in [1.82, 2.24) is 15.2 Å². The second kappa shape index (κ2) is 5.42. The molecule has 0 aliphatic carbocycles. The fraction of sp³-hybridized carbons (Fsp3) is 0.714. The van der Waals surface area contributed by atoms with Gasteiger partial charge in [0.15, 0.2) is 0 Å². The SMILES string of the molecule is Cc1nc(CN2C(=O)COC3(CCNCC3)[C@H]2C)cs1. The number of nitrogens with zero attached hydrogens (tertiary/aromatic N) is 2. The van der Waals surface area contributed by atoms with E-state index in [9.17, 15) is 4.79 Å². The molecule has 0 bridgehead atoms. The summed E-state index contributed by atoms with van der Waals surface area (Å²) < 4.78 is 5.96. The Bertz CT molecular complexity index is 496. The standard InChI is InChI=1S/C14H21N3O2S/c1-10-14(3-5-15-6-4-14)19-8-13(18)17(10)7-12-9-20-11(2)16-12/h9-10,15H,3-8H2,1-2H3/t10-/m1/s1. The van der Waals surface area contributed by atoms with Crippen LogP contribution < -0.4 is 5.32 Å². The quantitative estimate of drug-likeness (QED) is 0.894. The van der Waals surface area contributed by atoms with E-state index in [1.807, 2.05) is 17.2 Å². The number of ether oxygens (including phenoxy) is 1. The normalized spacial score (nSPS) is 26.2. The smallest absolute Gasteiger partial charge is 0.249 e. The van der Waals surface area contributed by atoms with Crippen LogP contribution in [0.25, 0.3) is 0 Å². The highest BCUT2D eigenvalue weighted by atomic mass is 32.1. The van der Waals surface area contributed by atoms with Gasteiger partial charge in [-0.3, -0.25) is 4.79 Å². The van der Waals surface area contributed by atoms with E-state index >= 15 is 0 Å². The molecule has 1 amide bonds. The molecular weight excluding hydrogens is 274 g/mol. The Kier molecular flexibility index (Phi) is 3.79. The molecule has 20 heavy (non-hydrogen) atoms. The van der Waals surface area contributed by atoms with Crippen molar-refractivity contribution in [2.45, 2.75) is 44.9 Å². The van der Waals surface area contributed by atoms with Crippen LogP contribution in [0.2, 0.25) is 0 Å². The first-order valence-electron chi connectivity index (χ1n) is 7.16.